The van der Waals surface area contributed by atoms with Crippen molar-refractivity contribution < 1.29 is 17.9 Å². The number of carbonyl (C=O) groups excluding carboxylic acids is 1. The van der Waals surface area contributed by atoms with Crippen molar-refractivity contribution in [3.05, 3.63) is 83.4 Å². The lowest BCUT2D eigenvalue weighted by molar-refractivity contribution is 0.102. The second-order valence-corrected chi connectivity index (χ2v) is 8.29. The molecule has 0 unspecified atom stereocenters. The number of nitrogens with one attached hydrogen (secondary N) is 2. The predicted molar refractivity (Wildman–Crippen MR) is 114 cm³/mol. The maximum absolute atomic E-state index is 12.9. The first kappa shape index (κ1) is 20.4. The largest absolute Gasteiger partial charge is 0.497 e. The van der Waals surface area contributed by atoms with Crippen LogP contribution in [-0.2, 0) is 10.0 Å². The molecule has 0 aliphatic carbocycles. The fraction of sp³-hybridized carbons (Fsp3) is 0.136. The van der Waals surface area contributed by atoms with Gasteiger partial charge < -0.3 is 10.1 Å². The van der Waals surface area contributed by atoms with E-state index in [2.05, 4.69) is 10.0 Å². The molecule has 0 saturated carbocycles. The third kappa shape index (κ3) is 4.94. The van der Waals surface area contributed by atoms with Crippen LogP contribution in [0.25, 0.3) is 0 Å². The number of ether oxygens (including phenoxy) is 1. The van der Waals surface area contributed by atoms with Crippen LogP contribution in [0, 0.1) is 13.8 Å². The van der Waals surface area contributed by atoms with Gasteiger partial charge >= 0.3 is 0 Å². The molecule has 150 valence electrons. The lowest BCUT2D eigenvalue weighted by atomic mass is 10.1. The summed E-state index contributed by atoms with van der Waals surface area (Å²) in [4.78, 5) is 12.6. The Hall–Kier alpha value is -3.32. The van der Waals surface area contributed by atoms with E-state index in [-0.39, 0.29) is 10.8 Å². The second-order valence-electron chi connectivity index (χ2n) is 6.64. The number of hydrogen-bond acceptors (Lipinski definition) is 4. The Labute approximate surface area is 170 Å². The molecule has 2 N–H and O–H groups in total. The van der Waals surface area contributed by atoms with Gasteiger partial charge in [-0.25, -0.2) is 8.42 Å². The van der Waals surface area contributed by atoms with E-state index in [0.29, 0.717) is 28.3 Å². The first-order valence-corrected chi connectivity index (χ1v) is 10.4. The Morgan fingerprint density at radius 1 is 0.897 bits per heavy atom. The molecular weight excluding hydrogens is 388 g/mol. The summed E-state index contributed by atoms with van der Waals surface area (Å²) in [6.45, 7) is 3.60. The molecule has 0 bridgehead atoms. The summed E-state index contributed by atoms with van der Waals surface area (Å²) in [5, 5.41) is 2.76. The molecule has 3 rings (SSSR count). The smallest absolute Gasteiger partial charge is 0.262 e. The molecule has 0 radical (unpaired) electrons. The van der Waals surface area contributed by atoms with Crippen LogP contribution >= 0.6 is 0 Å². The summed E-state index contributed by atoms with van der Waals surface area (Å²) in [5.41, 5.74) is 2.86. The monoisotopic (exact) mass is 410 g/mol. The second kappa shape index (κ2) is 8.36. The molecule has 3 aromatic carbocycles. The van der Waals surface area contributed by atoms with Crippen LogP contribution in [0.2, 0.25) is 0 Å². The van der Waals surface area contributed by atoms with Crippen molar-refractivity contribution in [2.24, 2.45) is 0 Å². The van der Waals surface area contributed by atoms with E-state index in [1.807, 2.05) is 13.0 Å². The van der Waals surface area contributed by atoms with Crippen LogP contribution in [0.4, 0.5) is 11.4 Å². The molecule has 0 aliphatic heterocycles. The van der Waals surface area contributed by atoms with E-state index in [4.69, 9.17) is 4.74 Å². The fourth-order valence-corrected chi connectivity index (χ4v) is 4.16. The SMILES string of the molecule is COc1ccc(NS(=O)(=O)c2cc(NC(=O)c3cccc(C)c3)ccc2C)cc1. The van der Waals surface area contributed by atoms with Gasteiger partial charge in [0, 0.05) is 16.9 Å². The van der Waals surface area contributed by atoms with Crippen molar-refractivity contribution in [2.75, 3.05) is 17.1 Å². The maximum Gasteiger partial charge on any atom is 0.262 e. The minimum atomic E-state index is -3.84. The normalized spacial score (nSPS) is 11.0. The molecule has 0 atom stereocenters. The molecule has 0 fully saturated rings. The number of hydrogen-bond donors (Lipinski definition) is 2. The van der Waals surface area contributed by atoms with Gasteiger partial charge in [0.15, 0.2) is 0 Å². The highest BCUT2D eigenvalue weighted by atomic mass is 32.2. The number of anilines is 2. The van der Waals surface area contributed by atoms with E-state index in [1.165, 1.54) is 6.07 Å². The van der Waals surface area contributed by atoms with Gasteiger partial charge in [-0.05, 0) is 67.9 Å². The summed E-state index contributed by atoms with van der Waals surface area (Å²) >= 11 is 0. The lowest BCUT2D eigenvalue weighted by Crippen LogP contribution is -2.16. The average Bonchev–Trinajstić information content (AvgIpc) is 2.69. The Morgan fingerprint density at radius 2 is 1.59 bits per heavy atom. The van der Waals surface area contributed by atoms with E-state index in [9.17, 15) is 13.2 Å². The van der Waals surface area contributed by atoms with Gasteiger partial charge in [0.2, 0.25) is 0 Å². The summed E-state index contributed by atoms with van der Waals surface area (Å²) < 4.78 is 33.4. The third-order valence-electron chi connectivity index (χ3n) is 4.36. The molecule has 0 aliphatic rings. The highest BCUT2D eigenvalue weighted by molar-refractivity contribution is 7.92. The number of carbonyl (C=O) groups is 1. The van der Waals surface area contributed by atoms with Crippen molar-refractivity contribution in [3.63, 3.8) is 0 Å². The average molecular weight is 410 g/mol. The highest BCUT2D eigenvalue weighted by Gasteiger charge is 2.18. The topological polar surface area (TPSA) is 84.5 Å². The standard InChI is InChI=1S/C22H22N2O4S/c1-15-5-4-6-17(13-15)22(25)23-19-8-7-16(2)21(14-19)29(26,27)24-18-9-11-20(28-3)12-10-18/h4-14,24H,1-3H3,(H,23,25). The highest BCUT2D eigenvalue weighted by Crippen LogP contribution is 2.24. The Bertz CT molecular complexity index is 1140. The molecule has 3 aromatic rings. The Balaban J connectivity index is 1.84. The van der Waals surface area contributed by atoms with Gasteiger partial charge in [0.25, 0.3) is 15.9 Å². The molecule has 0 heterocycles. The zero-order chi connectivity index (χ0) is 21.0. The van der Waals surface area contributed by atoms with E-state index in [0.717, 1.165) is 5.56 Å². The van der Waals surface area contributed by atoms with Gasteiger partial charge in [0.1, 0.15) is 5.75 Å². The van der Waals surface area contributed by atoms with E-state index >= 15 is 0 Å². The van der Waals surface area contributed by atoms with Crippen molar-refractivity contribution >= 4 is 27.3 Å². The molecule has 29 heavy (non-hydrogen) atoms. The van der Waals surface area contributed by atoms with Gasteiger partial charge in [-0.3, -0.25) is 9.52 Å². The van der Waals surface area contributed by atoms with Gasteiger partial charge in [0.05, 0.1) is 12.0 Å². The number of benzene rings is 3. The molecule has 1 amide bonds. The summed E-state index contributed by atoms with van der Waals surface area (Å²) in [6.07, 6.45) is 0. The molecule has 7 heteroatoms. The first-order chi connectivity index (χ1) is 13.8. The number of rotatable bonds is 6. The van der Waals surface area contributed by atoms with Crippen LogP contribution in [0.1, 0.15) is 21.5 Å². The van der Waals surface area contributed by atoms with Crippen LogP contribution in [0.3, 0.4) is 0 Å². The molecule has 0 saturated heterocycles. The lowest BCUT2D eigenvalue weighted by Gasteiger charge is -2.13. The minimum absolute atomic E-state index is 0.0929. The molecular formula is C22H22N2O4S. The number of methoxy groups -OCH3 is 1. The van der Waals surface area contributed by atoms with Crippen molar-refractivity contribution in [3.8, 4) is 5.75 Å². The van der Waals surface area contributed by atoms with Gasteiger partial charge in [-0.2, -0.15) is 0 Å². The van der Waals surface area contributed by atoms with Gasteiger partial charge in [-0.1, -0.05) is 23.8 Å². The first-order valence-electron chi connectivity index (χ1n) is 8.94. The fourth-order valence-electron chi connectivity index (χ4n) is 2.83. The number of aryl methyl sites for hydroxylation is 2. The quantitative estimate of drug-likeness (QED) is 0.632. The van der Waals surface area contributed by atoms with Crippen molar-refractivity contribution in [1.29, 1.82) is 0 Å². The summed E-state index contributed by atoms with van der Waals surface area (Å²) in [7, 11) is -2.29. The maximum atomic E-state index is 12.9. The van der Waals surface area contributed by atoms with E-state index in [1.54, 1.807) is 68.6 Å². The zero-order valence-corrected chi connectivity index (χ0v) is 17.2. The van der Waals surface area contributed by atoms with Crippen LogP contribution < -0.4 is 14.8 Å². The van der Waals surface area contributed by atoms with E-state index < -0.39 is 10.0 Å². The van der Waals surface area contributed by atoms with Crippen LogP contribution in [0.15, 0.2) is 71.6 Å². The summed E-state index contributed by atoms with van der Waals surface area (Å²) in [6, 6.07) is 18.5. The molecule has 6 nitrogen and oxygen atoms in total. The van der Waals surface area contributed by atoms with Gasteiger partial charge in [-0.15, -0.1) is 0 Å². The number of sulfonamides is 1. The van der Waals surface area contributed by atoms with Crippen molar-refractivity contribution in [2.45, 2.75) is 18.7 Å². The zero-order valence-electron chi connectivity index (χ0n) is 16.4. The van der Waals surface area contributed by atoms with Crippen molar-refractivity contribution in [1.82, 2.24) is 0 Å². The molecule has 0 aromatic heterocycles. The predicted octanol–water partition coefficient (Wildman–Crippen LogP) is 4.37. The van der Waals surface area contributed by atoms with Crippen LogP contribution in [-0.4, -0.2) is 21.4 Å². The number of amides is 1. The molecule has 0 spiro atoms. The summed E-state index contributed by atoms with van der Waals surface area (Å²) in [5.74, 6) is 0.328. The Kier molecular flexibility index (Phi) is 5.89. The minimum Gasteiger partial charge on any atom is -0.497 e. The third-order valence-corrected chi connectivity index (χ3v) is 5.88. The Morgan fingerprint density at radius 3 is 2.24 bits per heavy atom. The van der Waals surface area contributed by atoms with Crippen LogP contribution in [0.5, 0.6) is 5.75 Å².